The van der Waals surface area contributed by atoms with Crippen molar-refractivity contribution >= 4 is 10.0 Å². The minimum absolute atomic E-state index is 0.0925. The molecule has 2 rings (SSSR count). The normalized spacial score (nSPS) is 11.8. The molecule has 0 aliphatic rings. The number of benzene rings is 1. The average Bonchev–Trinajstić information content (AvgIpc) is 2.40. The van der Waals surface area contributed by atoms with Gasteiger partial charge in [-0.2, -0.15) is 8.42 Å². The van der Waals surface area contributed by atoms with Gasteiger partial charge in [-0.25, -0.2) is 0 Å². The van der Waals surface area contributed by atoms with Crippen LogP contribution < -0.4 is 5.84 Å². The van der Waals surface area contributed by atoms with Crippen molar-refractivity contribution in [3.8, 4) is 0 Å². The molecule has 0 bridgehead atoms. The molecule has 19 heavy (non-hydrogen) atoms. The number of hydrogen-bond donors (Lipinski definition) is 1. The predicted molar refractivity (Wildman–Crippen MR) is 69.7 cm³/mol. The molecule has 0 saturated heterocycles. The number of rotatable bonds is 4. The van der Waals surface area contributed by atoms with Gasteiger partial charge in [-0.3, -0.25) is 4.98 Å². The second-order valence-electron chi connectivity index (χ2n) is 3.78. The van der Waals surface area contributed by atoms with Crippen molar-refractivity contribution in [1.82, 2.24) is 4.98 Å². The lowest BCUT2D eigenvalue weighted by atomic mass is 10.1. The third kappa shape index (κ3) is 3.14. The molecule has 1 aromatic heterocycles. The zero-order valence-corrected chi connectivity index (χ0v) is 10.8. The first-order valence-electron chi connectivity index (χ1n) is 5.48. The van der Waals surface area contributed by atoms with Crippen molar-refractivity contribution < 1.29 is 8.42 Å². The van der Waals surface area contributed by atoms with Crippen LogP contribution in [0.25, 0.3) is 0 Å². The second-order valence-corrected chi connectivity index (χ2v) is 5.33. The second kappa shape index (κ2) is 5.57. The highest BCUT2D eigenvalue weighted by molar-refractivity contribution is 7.90. The molecule has 0 saturated carbocycles. The molecule has 0 fully saturated rings. The molecule has 2 N–H and O–H groups in total. The third-order valence-electron chi connectivity index (χ3n) is 2.50. The lowest BCUT2D eigenvalue weighted by Crippen LogP contribution is -2.03. The Kier molecular flexibility index (Phi) is 3.86. The molecule has 0 amide bonds. The fraction of sp³-hybridized carbons (Fsp3) is 0.0833. The van der Waals surface area contributed by atoms with E-state index >= 15 is 0 Å². The molecule has 0 aliphatic heterocycles. The molecule has 98 valence electrons. The van der Waals surface area contributed by atoms with Crippen molar-refractivity contribution in [3.05, 3.63) is 59.9 Å². The maximum absolute atomic E-state index is 11.9. The van der Waals surface area contributed by atoms with Gasteiger partial charge in [0, 0.05) is 18.3 Å². The monoisotopic (exact) mass is 276 g/mol. The SMILES string of the molecule is N/N=N/S(=O)(=O)c1ccccc1Cc1ccccn1. The molecule has 1 heterocycles. The summed E-state index contributed by atoms with van der Waals surface area (Å²) >= 11 is 0. The van der Waals surface area contributed by atoms with Gasteiger partial charge in [-0.15, -0.1) is 0 Å². The van der Waals surface area contributed by atoms with E-state index in [1.54, 1.807) is 30.5 Å². The number of nitrogens with zero attached hydrogens (tertiary/aromatic N) is 3. The van der Waals surface area contributed by atoms with Gasteiger partial charge in [-0.1, -0.05) is 29.5 Å². The number of nitrogens with two attached hydrogens (primary N) is 1. The van der Waals surface area contributed by atoms with Crippen molar-refractivity contribution in [3.63, 3.8) is 0 Å². The fourth-order valence-corrected chi connectivity index (χ4v) is 2.64. The van der Waals surface area contributed by atoms with E-state index in [0.29, 0.717) is 12.0 Å². The first-order valence-corrected chi connectivity index (χ1v) is 6.92. The maximum atomic E-state index is 11.9. The molecule has 0 spiro atoms. The van der Waals surface area contributed by atoms with Crippen LogP contribution in [0.5, 0.6) is 0 Å². The number of sulfonamides is 1. The van der Waals surface area contributed by atoms with Gasteiger partial charge in [0.1, 0.15) is 0 Å². The zero-order chi connectivity index (χ0) is 13.7. The predicted octanol–water partition coefficient (Wildman–Crippen LogP) is 1.69. The molecule has 1 aromatic carbocycles. The Morgan fingerprint density at radius 2 is 1.84 bits per heavy atom. The summed E-state index contributed by atoms with van der Waals surface area (Å²) in [6.45, 7) is 0. The number of hydrogen-bond acceptors (Lipinski definition) is 4. The molecule has 2 aromatic rings. The first kappa shape index (κ1) is 13.2. The quantitative estimate of drug-likeness (QED) is 0.522. The fourth-order valence-electron chi connectivity index (χ4n) is 1.71. The Hall–Kier alpha value is -2.28. The summed E-state index contributed by atoms with van der Waals surface area (Å²) in [7, 11) is -3.86. The lowest BCUT2D eigenvalue weighted by molar-refractivity contribution is 0.593. The summed E-state index contributed by atoms with van der Waals surface area (Å²) in [5, 5.41) is 2.85. The third-order valence-corrected chi connectivity index (χ3v) is 3.77. The Morgan fingerprint density at radius 3 is 2.53 bits per heavy atom. The van der Waals surface area contributed by atoms with E-state index in [-0.39, 0.29) is 4.90 Å². The maximum Gasteiger partial charge on any atom is 0.301 e. The van der Waals surface area contributed by atoms with E-state index < -0.39 is 10.0 Å². The van der Waals surface area contributed by atoms with Gasteiger partial charge in [0.2, 0.25) is 0 Å². The van der Waals surface area contributed by atoms with Crippen LogP contribution in [-0.4, -0.2) is 13.4 Å². The van der Waals surface area contributed by atoms with Crippen LogP contribution in [0.15, 0.2) is 63.3 Å². The highest BCUT2D eigenvalue weighted by Crippen LogP contribution is 2.20. The van der Waals surface area contributed by atoms with E-state index in [1.165, 1.54) is 6.07 Å². The summed E-state index contributed by atoms with van der Waals surface area (Å²) in [6, 6.07) is 12.1. The minimum atomic E-state index is -3.86. The molecular formula is C12H12N4O2S. The molecule has 0 unspecified atom stereocenters. The molecule has 7 heteroatoms. The van der Waals surface area contributed by atoms with E-state index in [4.69, 9.17) is 5.84 Å². The van der Waals surface area contributed by atoms with E-state index in [1.807, 2.05) is 12.1 Å². The van der Waals surface area contributed by atoms with E-state index in [0.717, 1.165) is 5.69 Å². The molecule has 0 radical (unpaired) electrons. The Bertz CT molecular complexity index is 684. The smallest absolute Gasteiger partial charge is 0.301 e. The van der Waals surface area contributed by atoms with E-state index in [2.05, 4.69) is 14.7 Å². The Balaban J connectivity index is 2.43. The molecule has 0 aliphatic carbocycles. The van der Waals surface area contributed by atoms with Crippen molar-refractivity contribution in [1.29, 1.82) is 0 Å². The van der Waals surface area contributed by atoms with Crippen LogP contribution >= 0.6 is 0 Å². The first-order chi connectivity index (χ1) is 9.13. The summed E-state index contributed by atoms with van der Waals surface area (Å²) in [5.41, 5.74) is 1.38. The number of pyridine rings is 1. The zero-order valence-electron chi connectivity index (χ0n) is 9.97. The van der Waals surface area contributed by atoms with Gasteiger partial charge >= 0.3 is 10.0 Å². The van der Waals surface area contributed by atoms with Gasteiger partial charge in [0.05, 0.1) is 4.90 Å². The lowest BCUT2D eigenvalue weighted by Gasteiger charge is -2.06. The van der Waals surface area contributed by atoms with Crippen LogP contribution in [0, 0.1) is 0 Å². The summed E-state index contributed by atoms with van der Waals surface area (Å²) < 4.78 is 26.8. The summed E-state index contributed by atoms with van der Waals surface area (Å²) in [5.74, 6) is 4.82. The molecular weight excluding hydrogens is 264 g/mol. The highest BCUT2D eigenvalue weighted by atomic mass is 32.2. The standard InChI is InChI=1S/C12H12N4O2S/c13-15-16-19(17,18)12-7-2-1-5-10(12)9-11-6-3-4-8-14-11/h1-8H,9H2,(H2,13,16). The van der Waals surface area contributed by atoms with Crippen LogP contribution in [0.1, 0.15) is 11.3 Å². The highest BCUT2D eigenvalue weighted by Gasteiger charge is 2.17. The Labute approximate surface area is 111 Å². The topological polar surface area (TPSA) is 97.8 Å². The van der Waals surface area contributed by atoms with Crippen molar-refractivity contribution in [2.75, 3.05) is 0 Å². The number of aromatic nitrogens is 1. The Morgan fingerprint density at radius 1 is 1.11 bits per heavy atom. The summed E-state index contributed by atoms with van der Waals surface area (Å²) in [6.07, 6.45) is 2.06. The average molecular weight is 276 g/mol. The van der Waals surface area contributed by atoms with Crippen LogP contribution in [0.4, 0.5) is 0 Å². The minimum Gasteiger partial charge on any atom is -0.304 e. The van der Waals surface area contributed by atoms with Crippen molar-refractivity contribution in [2.45, 2.75) is 11.3 Å². The van der Waals surface area contributed by atoms with Gasteiger partial charge in [-0.05, 0) is 28.3 Å². The largest absolute Gasteiger partial charge is 0.304 e. The van der Waals surface area contributed by atoms with E-state index in [9.17, 15) is 8.42 Å². The molecule has 0 atom stereocenters. The summed E-state index contributed by atoms with van der Waals surface area (Å²) in [4.78, 5) is 4.26. The van der Waals surface area contributed by atoms with Gasteiger partial charge in [0.25, 0.3) is 0 Å². The molecule has 6 nitrogen and oxygen atoms in total. The van der Waals surface area contributed by atoms with Gasteiger partial charge < -0.3 is 5.84 Å². The van der Waals surface area contributed by atoms with Crippen LogP contribution in [0.3, 0.4) is 0 Å². The van der Waals surface area contributed by atoms with Gasteiger partial charge in [0.15, 0.2) is 0 Å². The van der Waals surface area contributed by atoms with Crippen LogP contribution in [0.2, 0.25) is 0 Å². The van der Waals surface area contributed by atoms with Crippen molar-refractivity contribution in [2.24, 2.45) is 15.6 Å². The van der Waals surface area contributed by atoms with Crippen LogP contribution in [-0.2, 0) is 16.4 Å².